The van der Waals surface area contributed by atoms with Gasteiger partial charge >= 0.3 is 0 Å². The largest absolute Gasteiger partial charge is 0.379 e. The number of ether oxygens (including phenoxy) is 1. The van der Waals surface area contributed by atoms with Crippen molar-refractivity contribution in [1.29, 1.82) is 0 Å². The SMILES string of the molecule is CCC(C)NCCOCCCl. The lowest BCUT2D eigenvalue weighted by Gasteiger charge is -2.10. The van der Waals surface area contributed by atoms with Crippen LogP contribution >= 0.6 is 11.6 Å². The lowest BCUT2D eigenvalue weighted by molar-refractivity contribution is 0.149. The van der Waals surface area contributed by atoms with Gasteiger partial charge in [0.05, 0.1) is 13.2 Å². The molecule has 1 atom stereocenters. The van der Waals surface area contributed by atoms with Gasteiger partial charge in [-0.25, -0.2) is 0 Å². The molecule has 1 unspecified atom stereocenters. The van der Waals surface area contributed by atoms with E-state index < -0.39 is 0 Å². The minimum Gasteiger partial charge on any atom is -0.379 e. The summed E-state index contributed by atoms with van der Waals surface area (Å²) in [5.74, 6) is 0.587. The maximum atomic E-state index is 5.42. The molecule has 0 aliphatic rings. The molecule has 0 radical (unpaired) electrons. The molecule has 0 fully saturated rings. The highest BCUT2D eigenvalue weighted by Crippen LogP contribution is 1.86. The summed E-state index contributed by atoms with van der Waals surface area (Å²) in [7, 11) is 0. The first-order chi connectivity index (χ1) is 5.31. The van der Waals surface area contributed by atoms with Crippen molar-refractivity contribution >= 4 is 11.6 Å². The predicted octanol–water partition coefficient (Wildman–Crippen LogP) is 1.63. The highest BCUT2D eigenvalue weighted by molar-refractivity contribution is 6.17. The molecule has 11 heavy (non-hydrogen) atoms. The predicted molar refractivity (Wildman–Crippen MR) is 49.3 cm³/mol. The third kappa shape index (κ3) is 8.11. The first kappa shape index (κ1) is 11.2. The van der Waals surface area contributed by atoms with Crippen molar-refractivity contribution in [3.63, 3.8) is 0 Å². The van der Waals surface area contributed by atoms with Crippen molar-refractivity contribution in [3.05, 3.63) is 0 Å². The van der Waals surface area contributed by atoms with E-state index in [1.54, 1.807) is 0 Å². The molecular formula is C8H18ClNO. The van der Waals surface area contributed by atoms with Gasteiger partial charge in [0, 0.05) is 18.5 Å². The summed E-state index contributed by atoms with van der Waals surface area (Å²) in [6, 6.07) is 0.592. The van der Waals surface area contributed by atoms with Crippen molar-refractivity contribution in [1.82, 2.24) is 5.32 Å². The second kappa shape index (κ2) is 8.31. The van der Waals surface area contributed by atoms with E-state index in [0.717, 1.165) is 19.6 Å². The minimum absolute atomic E-state index is 0.587. The van der Waals surface area contributed by atoms with Crippen LogP contribution in [-0.2, 0) is 4.74 Å². The van der Waals surface area contributed by atoms with Crippen LogP contribution < -0.4 is 5.32 Å². The van der Waals surface area contributed by atoms with Gasteiger partial charge in [-0.05, 0) is 13.3 Å². The number of hydrogen-bond acceptors (Lipinski definition) is 2. The summed E-state index contributed by atoms with van der Waals surface area (Å²) >= 11 is 5.42. The van der Waals surface area contributed by atoms with Gasteiger partial charge in [0.1, 0.15) is 0 Å². The molecular weight excluding hydrogens is 162 g/mol. The minimum atomic E-state index is 0.587. The van der Waals surface area contributed by atoms with Crippen LogP contribution in [0.2, 0.25) is 0 Å². The van der Waals surface area contributed by atoms with Crippen LogP contribution in [0, 0.1) is 0 Å². The Hall–Kier alpha value is 0.210. The molecule has 0 aliphatic carbocycles. The standard InChI is InChI=1S/C8H18ClNO/c1-3-8(2)10-5-7-11-6-4-9/h8,10H,3-7H2,1-2H3. The third-order valence-corrected chi connectivity index (χ3v) is 1.73. The molecule has 0 aliphatic heterocycles. The smallest absolute Gasteiger partial charge is 0.0602 e. The van der Waals surface area contributed by atoms with Crippen LogP contribution in [0.3, 0.4) is 0 Å². The second-order valence-electron chi connectivity index (χ2n) is 2.56. The van der Waals surface area contributed by atoms with Gasteiger partial charge in [0.25, 0.3) is 0 Å². The Balaban J connectivity index is 2.89. The Morgan fingerprint density at radius 1 is 1.45 bits per heavy atom. The van der Waals surface area contributed by atoms with E-state index in [-0.39, 0.29) is 0 Å². The number of rotatable bonds is 7. The molecule has 2 nitrogen and oxygen atoms in total. The zero-order valence-corrected chi connectivity index (χ0v) is 8.16. The lowest BCUT2D eigenvalue weighted by atomic mass is 10.3. The van der Waals surface area contributed by atoms with Crippen molar-refractivity contribution in [2.45, 2.75) is 26.3 Å². The average molecular weight is 180 g/mol. The molecule has 68 valence electrons. The average Bonchev–Trinajstić information content (AvgIpc) is 2.04. The Morgan fingerprint density at radius 2 is 2.18 bits per heavy atom. The number of alkyl halides is 1. The Bertz CT molecular complexity index is 80.5. The monoisotopic (exact) mass is 179 g/mol. The summed E-state index contributed by atoms with van der Waals surface area (Å²) in [5, 5.41) is 3.32. The van der Waals surface area contributed by atoms with Gasteiger partial charge < -0.3 is 10.1 Å². The van der Waals surface area contributed by atoms with Gasteiger partial charge in [-0.2, -0.15) is 0 Å². The van der Waals surface area contributed by atoms with Crippen LogP contribution in [0.1, 0.15) is 20.3 Å². The second-order valence-corrected chi connectivity index (χ2v) is 2.94. The van der Waals surface area contributed by atoms with Crippen molar-refractivity contribution in [3.8, 4) is 0 Å². The summed E-state index contributed by atoms with van der Waals surface area (Å²) in [4.78, 5) is 0. The van der Waals surface area contributed by atoms with Crippen LogP contribution in [0.4, 0.5) is 0 Å². The highest BCUT2D eigenvalue weighted by Gasteiger charge is 1.94. The molecule has 0 heterocycles. The summed E-state index contributed by atoms with van der Waals surface area (Å²) < 4.78 is 5.18. The van der Waals surface area contributed by atoms with Gasteiger partial charge in [-0.1, -0.05) is 6.92 Å². The van der Waals surface area contributed by atoms with Crippen LogP contribution in [0.15, 0.2) is 0 Å². The van der Waals surface area contributed by atoms with Crippen molar-refractivity contribution in [2.75, 3.05) is 25.6 Å². The van der Waals surface area contributed by atoms with Crippen molar-refractivity contribution in [2.24, 2.45) is 0 Å². The van der Waals surface area contributed by atoms with Crippen LogP contribution in [-0.4, -0.2) is 31.7 Å². The summed E-state index contributed by atoms with van der Waals surface area (Å²) in [6.45, 7) is 6.67. The van der Waals surface area contributed by atoms with E-state index in [1.165, 1.54) is 0 Å². The highest BCUT2D eigenvalue weighted by atomic mass is 35.5. The maximum Gasteiger partial charge on any atom is 0.0602 e. The molecule has 0 saturated carbocycles. The van der Waals surface area contributed by atoms with Gasteiger partial charge in [-0.15, -0.1) is 11.6 Å². The molecule has 0 aromatic carbocycles. The van der Waals surface area contributed by atoms with E-state index in [4.69, 9.17) is 16.3 Å². The van der Waals surface area contributed by atoms with Crippen molar-refractivity contribution < 1.29 is 4.74 Å². The number of hydrogen-bond donors (Lipinski definition) is 1. The zero-order valence-electron chi connectivity index (χ0n) is 7.40. The zero-order chi connectivity index (χ0) is 8.53. The van der Waals surface area contributed by atoms with Gasteiger partial charge in [-0.3, -0.25) is 0 Å². The number of nitrogens with one attached hydrogen (secondary N) is 1. The normalized spacial score (nSPS) is 13.4. The van der Waals surface area contributed by atoms with Gasteiger partial charge in [0.2, 0.25) is 0 Å². The topological polar surface area (TPSA) is 21.3 Å². The molecule has 0 rings (SSSR count). The van der Waals surface area contributed by atoms with E-state index in [0.29, 0.717) is 18.5 Å². The fourth-order valence-corrected chi connectivity index (χ4v) is 0.788. The molecule has 0 spiro atoms. The quantitative estimate of drug-likeness (QED) is 0.474. The Labute approximate surface area is 74.3 Å². The van der Waals surface area contributed by atoms with Gasteiger partial charge in [0.15, 0.2) is 0 Å². The Morgan fingerprint density at radius 3 is 2.73 bits per heavy atom. The molecule has 3 heteroatoms. The molecule has 1 N–H and O–H groups in total. The van der Waals surface area contributed by atoms with E-state index in [9.17, 15) is 0 Å². The molecule has 0 saturated heterocycles. The van der Waals surface area contributed by atoms with E-state index in [1.807, 2.05) is 0 Å². The van der Waals surface area contributed by atoms with Crippen LogP contribution in [0.5, 0.6) is 0 Å². The first-order valence-corrected chi connectivity index (χ1v) is 4.71. The summed E-state index contributed by atoms with van der Waals surface area (Å²) in [6.07, 6.45) is 1.16. The summed E-state index contributed by atoms with van der Waals surface area (Å²) in [5.41, 5.74) is 0. The lowest BCUT2D eigenvalue weighted by Crippen LogP contribution is -2.28. The third-order valence-electron chi connectivity index (χ3n) is 1.57. The Kier molecular flexibility index (Phi) is 8.47. The van der Waals surface area contributed by atoms with E-state index in [2.05, 4.69) is 19.2 Å². The van der Waals surface area contributed by atoms with E-state index >= 15 is 0 Å². The molecule has 0 aromatic rings. The van der Waals surface area contributed by atoms with Crippen LogP contribution in [0.25, 0.3) is 0 Å². The fourth-order valence-electron chi connectivity index (χ4n) is 0.678. The maximum absolute atomic E-state index is 5.42. The molecule has 0 bridgehead atoms. The fraction of sp³-hybridized carbons (Fsp3) is 1.00. The molecule has 0 aromatic heterocycles. The first-order valence-electron chi connectivity index (χ1n) is 4.18. The molecule has 0 amide bonds. The number of halogens is 1.